The lowest BCUT2D eigenvalue weighted by Gasteiger charge is -2.23. The van der Waals surface area contributed by atoms with E-state index in [9.17, 15) is 0 Å². The van der Waals surface area contributed by atoms with Gasteiger partial charge in [0, 0.05) is 38.2 Å². The van der Waals surface area contributed by atoms with Gasteiger partial charge < -0.3 is 9.15 Å². The molecule has 0 N–H and O–H groups in total. The maximum Gasteiger partial charge on any atom is 0.162 e. The minimum Gasteiger partial charge on any atom is -0.459 e. The number of hydrogen-bond donors (Lipinski definition) is 0. The molecule has 2 aliphatic rings. The molecule has 4 heterocycles. The van der Waals surface area contributed by atoms with Gasteiger partial charge in [-0.1, -0.05) is 0 Å². The zero-order valence-electron chi connectivity index (χ0n) is 14.9. The highest BCUT2D eigenvalue weighted by Gasteiger charge is 2.22. The Bertz CT molecular complexity index is 678. The van der Waals surface area contributed by atoms with Crippen molar-refractivity contribution in [1.82, 2.24) is 14.8 Å². The first-order valence-electron chi connectivity index (χ1n) is 9.34. The monoisotopic (exact) mass is 361 g/mol. The summed E-state index contributed by atoms with van der Waals surface area (Å²) in [5.74, 6) is 1.82. The third-order valence-corrected chi connectivity index (χ3v) is 5.96. The molecule has 2 fully saturated rings. The lowest BCUT2D eigenvalue weighted by Crippen LogP contribution is -2.35. The third kappa shape index (κ3) is 4.50. The van der Waals surface area contributed by atoms with Gasteiger partial charge in [-0.3, -0.25) is 9.80 Å². The molecule has 2 aromatic heterocycles. The van der Waals surface area contributed by atoms with E-state index in [1.807, 2.05) is 19.1 Å². The number of hydrogen-bond acceptors (Lipinski definition) is 6. The Kier molecular flexibility index (Phi) is 5.51. The molecule has 0 amide bonds. The summed E-state index contributed by atoms with van der Waals surface area (Å²) >= 11 is 1.67. The summed E-state index contributed by atoms with van der Waals surface area (Å²) in [5, 5.41) is 3.15. The predicted molar refractivity (Wildman–Crippen MR) is 99.9 cm³/mol. The Hall–Kier alpha value is -1.21. The van der Waals surface area contributed by atoms with Gasteiger partial charge in [0.05, 0.1) is 11.8 Å². The summed E-state index contributed by atoms with van der Waals surface area (Å²) < 4.78 is 11.5. The molecule has 0 aliphatic carbocycles. The van der Waals surface area contributed by atoms with E-state index in [1.54, 1.807) is 11.3 Å². The smallest absolute Gasteiger partial charge is 0.162 e. The number of furan rings is 1. The second-order valence-corrected chi connectivity index (χ2v) is 7.98. The van der Waals surface area contributed by atoms with Gasteiger partial charge in [-0.25, -0.2) is 4.98 Å². The van der Waals surface area contributed by atoms with Crippen molar-refractivity contribution in [2.75, 3.05) is 39.3 Å². The SMILES string of the molecule is Cc1ccc(-c2nc(CN3CCCN(CC4CCCO4)CC3)cs2)o1. The molecule has 136 valence electrons. The van der Waals surface area contributed by atoms with E-state index in [2.05, 4.69) is 15.2 Å². The fraction of sp³-hybridized carbons (Fsp3) is 0.632. The van der Waals surface area contributed by atoms with Crippen LogP contribution in [0.25, 0.3) is 10.8 Å². The minimum absolute atomic E-state index is 0.462. The Labute approximate surface area is 153 Å². The van der Waals surface area contributed by atoms with Crippen molar-refractivity contribution in [3.8, 4) is 10.8 Å². The molecule has 0 radical (unpaired) electrons. The van der Waals surface area contributed by atoms with E-state index in [-0.39, 0.29) is 0 Å². The number of ether oxygens (including phenoxy) is 1. The van der Waals surface area contributed by atoms with Crippen molar-refractivity contribution in [3.05, 3.63) is 29.0 Å². The Morgan fingerprint density at radius 2 is 2.04 bits per heavy atom. The van der Waals surface area contributed by atoms with E-state index in [1.165, 1.54) is 25.8 Å². The molecule has 4 rings (SSSR count). The number of nitrogens with zero attached hydrogens (tertiary/aromatic N) is 3. The van der Waals surface area contributed by atoms with Gasteiger partial charge in [0.25, 0.3) is 0 Å². The molecule has 0 saturated carbocycles. The Balaban J connectivity index is 1.30. The summed E-state index contributed by atoms with van der Waals surface area (Å²) in [7, 11) is 0. The first-order chi connectivity index (χ1) is 12.3. The highest BCUT2D eigenvalue weighted by Crippen LogP contribution is 2.26. The number of rotatable bonds is 5. The minimum atomic E-state index is 0.462. The van der Waals surface area contributed by atoms with Crippen molar-refractivity contribution in [3.63, 3.8) is 0 Å². The van der Waals surface area contributed by atoms with Crippen molar-refractivity contribution >= 4 is 11.3 Å². The second-order valence-electron chi connectivity index (χ2n) is 7.12. The van der Waals surface area contributed by atoms with E-state index in [0.29, 0.717) is 6.10 Å². The molecule has 2 saturated heterocycles. The molecule has 2 aromatic rings. The number of aryl methyl sites for hydroxylation is 1. The maximum absolute atomic E-state index is 5.79. The Morgan fingerprint density at radius 1 is 1.16 bits per heavy atom. The normalized spacial score (nSPS) is 23.2. The summed E-state index contributed by atoms with van der Waals surface area (Å²) in [6, 6.07) is 4.00. The molecule has 1 atom stereocenters. The topological polar surface area (TPSA) is 41.7 Å². The molecule has 0 spiro atoms. The first-order valence-corrected chi connectivity index (χ1v) is 10.2. The highest BCUT2D eigenvalue weighted by molar-refractivity contribution is 7.13. The maximum atomic E-state index is 5.79. The molecule has 0 aromatic carbocycles. The summed E-state index contributed by atoms with van der Waals surface area (Å²) in [4.78, 5) is 9.88. The zero-order valence-corrected chi connectivity index (χ0v) is 15.8. The average Bonchev–Trinajstić information content (AvgIpc) is 3.31. The van der Waals surface area contributed by atoms with Gasteiger partial charge in [-0.05, 0) is 51.4 Å². The summed E-state index contributed by atoms with van der Waals surface area (Å²) in [6.45, 7) is 9.53. The first kappa shape index (κ1) is 17.2. The van der Waals surface area contributed by atoms with E-state index in [0.717, 1.165) is 61.6 Å². The van der Waals surface area contributed by atoms with Gasteiger partial charge in [-0.2, -0.15) is 0 Å². The van der Waals surface area contributed by atoms with E-state index >= 15 is 0 Å². The second kappa shape index (κ2) is 7.99. The van der Waals surface area contributed by atoms with E-state index in [4.69, 9.17) is 14.1 Å². The van der Waals surface area contributed by atoms with Crippen molar-refractivity contribution in [1.29, 1.82) is 0 Å². The number of thiazole rings is 1. The lowest BCUT2D eigenvalue weighted by molar-refractivity contribution is 0.0742. The average molecular weight is 362 g/mol. The van der Waals surface area contributed by atoms with Gasteiger partial charge >= 0.3 is 0 Å². The van der Waals surface area contributed by atoms with Crippen molar-refractivity contribution in [2.45, 2.75) is 38.8 Å². The molecular weight excluding hydrogens is 334 g/mol. The van der Waals surface area contributed by atoms with Gasteiger partial charge in [-0.15, -0.1) is 11.3 Å². The quantitative estimate of drug-likeness (QED) is 0.816. The van der Waals surface area contributed by atoms with Crippen LogP contribution < -0.4 is 0 Å². The highest BCUT2D eigenvalue weighted by atomic mass is 32.1. The van der Waals surface area contributed by atoms with E-state index < -0.39 is 0 Å². The molecule has 25 heavy (non-hydrogen) atoms. The van der Waals surface area contributed by atoms with Crippen LogP contribution in [0.4, 0.5) is 0 Å². The van der Waals surface area contributed by atoms with Gasteiger partial charge in [0.15, 0.2) is 10.8 Å². The van der Waals surface area contributed by atoms with Crippen LogP contribution in [0.5, 0.6) is 0 Å². The van der Waals surface area contributed by atoms with Crippen LogP contribution in [-0.2, 0) is 11.3 Å². The van der Waals surface area contributed by atoms with Gasteiger partial charge in [0.1, 0.15) is 5.76 Å². The Morgan fingerprint density at radius 3 is 2.84 bits per heavy atom. The molecule has 5 nitrogen and oxygen atoms in total. The van der Waals surface area contributed by atoms with Crippen molar-refractivity contribution in [2.24, 2.45) is 0 Å². The van der Waals surface area contributed by atoms with Crippen molar-refractivity contribution < 1.29 is 9.15 Å². The molecule has 1 unspecified atom stereocenters. The largest absolute Gasteiger partial charge is 0.459 e. The third-order valence-electron chi connectivity index (χ3n) is 5.06. The van der Waals surface area contributed by atoms with Gasteiger partial charge in [0.2, 0.25) is 0 Å². The van der Waals surface area contributed by atoms with Crippen LogP contribution in [-0.4, -0.2) is 60.2 Å². The molecule has 2 aliphatic heterocycles. The number of aromatic nitrogens is 1. The van der Waals surface area contributed by atoms with Crippen LogP contribution in [0.1, 0.15) is 30.7 Å². The van der Waals surface area contributed by atoms with Crippen LogP contribution in [0.3, 0.4) is 0 Å². The fourth-order valence-corrected chi connectivity index (χ4v) is 4.48. The molecule has 0 bridgehead atoms. The summed E-state index contributed by atoms with van der Waals surface area (Å²) in [5.41, 5.74) is 1.15. The molecule has 6 heteroatoms. The van der Waals surface area contributed by atoms with Crippen LogP contribution in [0.2, 0.25) is 0 Å². The predicted octanol–water partition coefficient (Wildman–Crippen LogP) is 3.40. The van der Waals surface area contributed by atoms with Crippen LogP contribution >= 0.6 is 11.3 Å². The lowest BCUT2D eigenvalue weighted by atomic mass is 10.2. The summed E-state index contributed by atoms with van der Waals surface area (Å²) in [6.07, 6.45) is 4.14. The molecular formula is C19H27N3O2S. The van der Waals surface area contributed by atoms with Crippen LogP contribution in [0, 0.1) is 6.92 Å². The zero-order chi connectivity index (χ0) is 17.1. The standard InChI is InChI=1S/C19H27N3O2S/c1-15-5-6-18(24-15)19-20-16(14-25-19)12-21-7-3-8-22(10-9-21)13-17-4-2-11-23-17/h5-6,14,17H,2-4,7-13H2,1H3. The van der Waals surface area contributed by atoms with Crippen LogP contribution in [0.15, 0.2) is 21.9 Å². The fourth-order valence-electron chi connectivity index (χ4n) is 3.71.